The standard InChI is InChI=1S/C11H13NO4/c1-9(16-14)7-12-11(13)15-8-10-5-3-2-4-6-10/h2-6,14H,1,7-8H2,(H,12,13). The quantitative estimate of drug-likeness (QED) is 0.454. The third-order valence-corrected chi connectivity index (χ3v) is 1.77. The highest BCUT2D eigenvalue weighted by atomic mass is 17.1. The van der Waals surface area contributed by atoms with Crippen LogP contribution in [0.1, 0.15) is 5.56 Å². The molecule has 0 bridgehead atoms. The van der Waals surface area contributed by atoms with Gasteiger partial charge in [0.25, 0.3) is 0 Å². The second kappa shape index (κ2) is 6.47. The number of benzene rings is 1. The number of amides is 1. The van der Waals surface area contributed by atoms with Gasteiger partial charge in [-0.25, -0.2) is 10.1 Å². The van der Waals surface area contributed by atoms with E-state index in [1.165, 1.54) is 0 Å². The number of carbonyl (C=O) groups is 1. The van der Waals surface area contributed by atoms with Gasteiger partial charge in [-0.15, -0.1) is 0 Å². The highest BCUT2D eigenvalue weighted by molar-refractivity contribution is 5.67. The molecule has 1 aromatic rings. The van der Waals surface area contributed by atoms with Gasteiger partial charge in [0, 0.05) is 0 Å². The molecule has 1 rings (SSSR count). The number of nitrogens with one attached hydrogen (secondary N) is 1. The van der Waals surface area contributed by atoms with Crippen molar-refractivity contribution in [3.05, 3.63) is 48.2 Å². The van der Waals surface area contributed by atoms with Crippen molar-refractivity contribution in [1.82, 2.24) is 5.32 Å². The third-order valence-electron chi connectivity index (χ3n) is 1.77. The van der Waals surface area contributed by atoms with Crippen LogP contribution in [0.4, 0.5) is 4.79 Å². The van der Waals surface area contributed by atoms with E-state index < -0.39 is 6.09 Å². The van der Waals surface area contributed by atoms with Gasteiger partial charge < -0.3 is 14.9 Å². The molecule has 0 atom stereocenters. The second-order valence-electron chi connectivity index (χ2n) is 3.05. The van der Waals surface area contributed by atoms with Gasteiger partial charge in [-0.1, -0.05) is 36.9 Å². The Balaban J connectivity index is 2.23. The average molecular weight is 223 g/mol. The van der Waals surface area contributed by atoms with Crippen LogP contribution in [0.5, 0.6) is 0 Å². The maximum absolute atomic E-state index is 11.1. The highest BCUT2D eigenvalue weighted by Gasteiger charge is 2.03. The topological polar surface area (TPSA) is 67.8 Å². The summed E-state index contributed by atoms with van der Waals surface area (Å²) >= 11 is 0. The van der Waals surface area contributed by atoms with E-state index in [9.17, 15) is 4.79 Å². The maximum Gasteiger partial charge on any atom is 0.407 e. The third kappa shape index (κ3) is 4.47. The summed E-state index contributed by atoms with van der Waals surface area (Å²) in [4.78, 5) is 14.9. The zero-order chi connectivity index (χ0) is 11.8. The SMILES string of the molecule is C=C(CNC(=O)OCc1ccccc1)OO. The fourth-order valence-electron chi connectivity index (χ4n) is 0.977. The van der Waals surface area contributed by atoms with E-state index in [1.807, 2.05) is 30.3 Å². The molecule has 5 nitrogen and oxygen atoms in total. The molecule has 0 spiro atoms. The fourth-order valence-corrected chi connectivity index (χ4v) is 0.977. The molecule has 5 heteroatoms. The largest absolute Gasteiger partial charge is 0.445 e. The van der Waals surface area contributed by atoms with Crippen LogP contribution in [0.15, 0.2) is 42.7 Å². The highest BCUT2D eigenvalue weighted by Crippen LogP contribution is 2.00. The van der Waals surface area contributed by atoms with Crippen molar-refractivity contribution in [3.8, 4) is 0 Å². The van der Waals surface area contributed by atoms with Crippen molar-refractivity contribution in [3.63, 3.8) is 0 Å². The molecule has 0 aromatic heterocycles. The first-order valence-electron chi connectivity index (χ1n) is 4.66. The first-order chi connectivity index (χ1) is 7.72. The van der Waals surface area contributed by atoms with E-state index in [0.717, 1.165) is 5.56 Å². The van der Waals surface area contributed by atoms with E-state index >= 15 is 0 Å². The first-order valence-corrected chi connectivity index (χ1v) is 4.66. The molecule has 86 valence electrons. The van der Waals surface area contributed by atoms with Crippen LogP contribution in [0.3, 0.4) is 0 Å². The Morgan fingerprint density at radius 3 is 2.69 bits per heavy atom. The lowest BCUT2D eigenvalue weighted by Crippen LogP contribution is -2.26. The smallest absolute Gasteiger partial charge is 0.407 e. The van der Waals surface area contributed by atoms with Crippen molar-refractivity contribution in [1.29, 1.82) is 0 Å². The van der Waals surface area contributed by atoms with Gasteiger partial charge in [-0.3, -0.25) is 0 Å². The predicted molar refractivity (Wildman–Crippen MR) is 57.5 cm³/mol. The zero-order valence-corrected chi connectivity index (χ0v) is 8.68. The van der Waals surface area contributed by atoms with E-state index in [2.05, 4.69) is 16.8 Å². The summed E-state index contributed by atoms with van der Waals surface area (Å²) in [6, 6.07) is 9.30. The number of carbonyl (C=O) groups excluding carboxylic acids is 1. The van der Waals surface area contributed by atoms with Crippen LogP contribution in [-0.4, -0.2) is 17.9 Å². The fraction of sp³-hybridized carbons (Fsp3) is 0.182. The molecule has 0 aliphatic carbocycles. The molecule has 0 saturated carbocycles. The number of hydrogen-bond donors (Lipinski definition) is 2. The molecule has 16 heavy (non-hydrogen) atoms. The Morgan fingerprint density at radius 1 is 1.38 bits per heavy atom. The Labute approximate surface area is 93.2 Å². The van der Waals surface area contributed by atoms with Gasteiger partial charge in [0.15, 0.2) is 5.76 Å². The summed E-state index contributed by atoms with van der Waals surface area (Å²) in [5, 5.41) is 10.5. The molecule has 0 saturated heterocycles. The summed E-state index contributed by atoms with van der Waals surface area (Å²) in [5.74, 6) is 0.0386. The van der Waals surface area contributed by atoms with Crippen LogP contribution < -0.4 is 5.32 Å². The predicted octanol–water partition coefficient (Wildman–Crippen LogP) is 1.92. The zero-order valence-electron chi connectivity index (χ0n) is 8.68. The monoisotopic (exact) mass is 223 g/mol. The van der Waals surface area contributed by atoms with Crippen LogP contribution >= 0.6 is 0 Å². The minimum Gasteiger partial charge on any atom is -0.445 e. The van der Waals surface area contributed by atoms with Crippen molar-refractivity contribution in [2.45, 2.75) is 6.61 Å². The molecule has 0 heterocycles. The van der Waals surface area contributed by atoms with Gasteiger partial charge in [-0.05, 0) is 5.56 Å². The van der Waals surface area contributed by atoms with Crippen LogP contribution in [0.25, 0.3) is 0 Å². The van der Waals surface area contributed by atoms with Gasteiger partial charge in [-0.2, -0.15) is 0 Å². The summed E-state index contributed by atoms with van der Waals surface area (Å²) < 4.78 is 4.89. The minimum absolute atomic E-state index is 0.00409. The summed E-state index contributed by atoms with van der Waals surface area (Å²) in [6.45, 7) is 3.52. The van der Waals surface area contributed by atoms with Crippen LogP contribution in [0.2, 0.25) is 0 Å². The van der Waals surface area contributed by atoms with Crippen molar-refractivity contribution in [2.75, 3.05) is 6.54 Å². The van der Waals surface area contributed by atoms with E-state index in [4.69, 9.17) is 9.99 Å². The number of alkyl carbamates (subject to hydrolysis) is 1. The Morgan fingerprint density at radius 2 is 2.06 bits per heavy atom. The second-order valence-corrected chi connectivity index (χ2v) is 3.05. The van der Waals surface area contributed by atoms with E-state index in [-0.39, 0.29) is 18.9 Å². The Hall–Kier alpha value is -2.01. The van der Waals surface area contributed by atoms with E-state index in [1.54, 1.807) is 0 Å². The molecule has 0 radical (unpaired) electrons. The average Bonchev–Trinajstić information content (AvgIpc) is 2.34. The van der Waals surface area contributed by atoms with Gasteiger partial charge in [0.1, 0.15) is 6.61 Å². The van der Waals surface area contributed by atoms with Gasteiger partial charge in [0.2, 0.25) is 0 Å². The first kappa shape index (κ1) is 12.1. The van der Waals surface area contributed by atoms with Gasteiger partial charge in [0.05, 0.1) is 6.54 Å². The minimum atomic E-state index is -0.595. The van der Waals surface area contributed by atoms with Gasteiger partial charge >= 0.3 is 6.09 Å². The molecule has 0 aliphatic rings. The summed E-state index contributed by atoms with van der Waals surface area (Å²) in [7, 11) is 0. The maximum atomic E-state index is 11.1. The van der Waals surface area contributed by atoms with Crippen molar-refractivity contribution < 1.29 is 19.7 Å². The number of ether oxygens (including phenoxy) is 1. The Bertz CT molecular complexity index is 350. The molecular formula is C11H13NO4. The Kier molecular flexibility index (Phi) is 4.88. The lowest BCUT2D eigenvalue weighted by Gasteiger charge is -2.06. The molecule has 1 amide bonds. The molecule has 0 fully saturated rings. The summed E-state index contributed by atoms with van der Waals surface area (Å²) in [6.07, 6.45) is -0.595. The lowest BCUT2D eigenvalue weighted by molar-refractivity contribution is -0.203. The molecule has 2 N–H and O–H groups in total. The van der Waals surface area contributed by atoms with Crippen LogP contribution in [0, 0.1) is 0 Å². The molecule has 0 unspecified atom stereocenters. The number of hydrogen-bond acceptors (Lipinski definition) is 4. The van der Waals surface area contributed by atoms with Crippen molar-refractivity contribution in [2.24, 2.45) is 0 Å². The molecule has 1 aromatic carbocycles. The number of rotatable bonds is 5. The molecule has 0 aliphatic heterocycles. The summed E-state index contributed by atoms with van der Waals surface area (Å²) in [5.41, 5.74) is 0.898. The molecular weight excluding hydrogens is 210 g/mol. The van der Waals surface area contributed by atoms with E-state index in [0.29, 0.717) is 0 Å². The normalized spacial score (nSPS) is 9.31. The lowest BCUT2D eigenvalue weighted by atomic mass is 10.2. The van der Waals surface area contributed by atoms with Crippen LogP contribution in [-0.2, 0) is 16.2 Å². The van der Waals surface area contributed by atoms with Crippen molar-refractivity contribution >= 4 is 6.09 Å².